The van der Waals surface area contributed by atoms with Gasteiger partial charge in [-0.05, 0) is 48.8 Å². The molecule has 1 fully saturated rings. The SMILES string of the molecule is CC(C)(C)c1ccc(OCCCC(=O)N2CCCCC2)cc1. The average Bonchev–Trinajstić information content (AvgIpc) is 2.52. The Morgan fingerprint density at radius 1 is 1.09 bits per heavy atom. The summed E-state index contributed by atoms with van der Waals surface area (Å²) in [4.78, 5) is 14.0. The Hall–Kier alpha value is -1.51. The Labute approximate surface area is 134 Å². The second kappa shape index (κ2) is 7.66. The summed E-state index contributed by atoms with van der Waals surface area (Å²) in [5.74, 6) is 1.17. The van der Waals surface area contributed by atoms with Crippen molar-refractivity contribution in [3.8, 4) is 5.75 Å². The van der Waals surface area contributed by atoms with Gasteiger partial charge in [-0.3, -0.25) is 4.79 Å². The molecule has 0 radical (unpaired) electrons. The molecular formula is C19H29NO2. The highest BCUT2D eigenvalue weighted by Gasteiger charge is 2.16. The standard InChI is InChI=1S/C19H29NO2/c1-19(2,3)16-9-11-17(12-10-16)22-15-7-8-18(21)20-13-5-4-6-14-20/h9-12H,4-8,13-15H2,1-3H3. The molecule has 0 spiro atoms. The Balaban J connectivity index is 1.69. The molecule has 1 heterocycles. The van der Waals surface area contributed by atoms with E-state index >= 15 is 0 Å². The minimum absolute atomic E-state index is 0.166. The largest absolute Gasteiger partial charge is 0.494 e. The molecule has 1 saturated heterocycles. The minimum Gasteiger partial charge on any atom is -0.494 e. The molecular weight excluding hydrogens is 274 g/mol. The van der Waals surface area contributed by atoms with Crippen molar-refractivity contribution in [1.82, 2.24) is 4.90 Å². The van der Waals surface area contributed by atoms with Crippen LogP contribution in [0.15, 0.2) is 24.3 Å². The van der Waals surface area contributed by atoms with E-state index < -0.39 is 0 Å². The zero-order valence-corrected chi connectivity index (χ0v) is 14.2. The number of hydrogen-bond donors (Lipinski definition) is 0. The van der Waals surface area contributed by atoms with Crippen LogP contribution in [0.4, 0.5) is 0 Å². The molecule has 122 valence electrons. The summed E-state index contributed by atoms with van der Waals surface area (Å²) in [6, 6.07) is 8.28. The van der Waals surface area contributed by atoms with Gasteiger partial charge in [0, 0.05) is 19.5 Å². The summed E-state index contributed by atoms with van der Waals surface area (Å²) < 4.78 is 5.74. The van der Waals surface area contributed by atoms with Crippen LogP contribution in [0.25, 0.3) is 0 Å². The number of hydrogen-bond acceptors (Lipinski definition) is 2. The van der Waals surface area contributed by atoms with Crippen molar-refractivity contribution in [2.24, 2.45) is 0 Å². The highest BCUT2D eigenvalue weighted by molar-refractivity contribution is 5.76. The van der Waals surface area contributed by atoms with Crippen LogP contribution in [-0.4, -0.2) is 30.5 Å². The van der Waals surface area contributed by atoms with Crippen molar-refractivity contribution in [1.29, 1.82) is 0 Å². The third-order valence-corrected chi connectivity index (χ3v) is 4.23. The molecule has 0 bridgehead atoms. The first-order valence-corrected chi connectivity index (χ1v) is 8.48. The van der Waals surface area contributed by atoms with Crippen LogP contribution in [0.2, 0.25) is 0 Å². The molecule has 0 aromatic heterocycles. The fourth-order valence-electron chi connectivity index (χ4n) is 2.77. The van der Waals surface area contributed by atoms with Crippen molar-refractivity contribution in [3.63, 3.8) is 0 Å². The third-order valence-electron chi connectivity index (χ3n) is 4.23. The van der Waals surface area contributed by atoms with Crippen LogP contribution in [0.1, 0.15) is 58.4 Å². The summed E-state index contributed by atoms with van der Waals surface area (Å²) in [6.45, 7) is 9.09. The van der Waals surface area contributed by atoms with Gasteiger partial charge in [0.05, 0.1) is 6.61 Å². The van der Waals surface area contributed by atoms with Crippen molar-refractivity contribution in [2.75, 3.05) is 19.7 Å². The van der Waals surface area contributed by atoms with E-state index in [2.05, 4.69) is 32.9 Å². The van der Waals surface area contributed by atoms with E-state index in [0.717, 1.165) is 38.1 Å². The van der Waals surface area contributed by atoms with Crippen LogP contribution < -0.4 is 4.74 Å². The van der Waals surface area contributed by atoms with Gasteiger partial charge in [0.1, 0.15) is 5.75 Å². The number of ether oxygens (including phenoxy) is 1. The lowest BCUT2D eigenvalue weighted by Crippen LogP contribution is -2.35. The van der Waals surface area contributed by atoms with E-state index in [-0.39, 0.29) is 11.3 Å². The molecule has 1 aliphatic rings. The van der Waals surface area contributed by atoms with Gasteiger partial charge >= 0.3 is 0 Å². The summed E-state index contributed by atoms with van der Waals surface area (Å²) in [5.41, 5.74) is 1.47. The topological polar surface area (TPSA) is 29.5 Å². The van der Waals surface area contributed by atoms with Gasteiger partial charge < -0.3 is 9.64 Å². The number of likely N-dealkylation sites (tertiary alicyclic amines) is 1. The van der Waals surface area contributed by atoms with Gasteiger partial charge in [0.2, 0.25) is 5.91 Å². The summed E-state index contributed by atoms with van der Waals surface area (Å²) in [7, 11) is 0. The second-order valence-electron chi connectivity index (χ2n) is 7.17. The molecule has 1 amide bonds. The molecule has 0 N–H and O–H groups in total. The molecule has 2 rings (SSSR count). The number of carbonyl (C=O) groups excluding carboxylic acids is 1. The Morgan fingerprint density at radius 3 is 2.32 bits per heavy atom. The fraction of sp³-hybridized carbons (Fsp3) is 0.632. The number of rotatable bonds is 5. The summed E-state index contributed by atoms with van der Waals surface area (Å²) >= 11 is 0. The average molecular weight is 303 g/mol. The van der Waals surface area contributed by atoms with Crippen molar-refractivity contribution < 1.29 is 9.53 Å². The molecule has 1 aliphatic heterocycles. The predicted molar refractivity (Wildman–Crippen MR) is 90.3 cm³/mol. The van der Waals surface area contributed by atoms with E-state index in [4.69, 9.17) is 4.74 Å². The van der Waals surface area contributed by atoms with E-state index in [0.29, 0.717) is 13.0 Å². The molecule has 3 heteroatoms. The molecule has 1 aromatic carbocycles. The molecule has 0 unspecified atom stereocenters. The van der Waals surface area contributed by atoms with Crippen LogP contribution >= 0.6 is 0 Å². The first-order valence-electron chi connectivity index (χ1n) is 8.48. The summed E-state index contributed by atoms with van der Waals surface area (Å²) in [6.07, 6.45) is 4.96. The molecule has 3 nitrogen and oxygen atoms in total. The van der Waals surface area contributed by atoms with Crippen molar-refractivity contribution in [2.45, 2.75) is 58.3 Å². The third kappa shape index (κ3) is 5.04. The maximum absolute atomic E-state index is 12.0. The Kier molecular flexibility index (Phi) is 5.87. The zero-order chi connectivity index (χ0) is 16.0. The Bertz CT molecular complexity index is 467. The molecule has 0 saturated carbocycles. The number of carbonyl (C=O) groups is 1. The van der Waals surface area contributed by atoms with Gasteiger partial charge in [-0.1, -0.05) is 32.9 Å². The van der Waals surface area contributed by atoms with Gasteiger partial charge in [0.25, 0.3) is 0 Å². The lowest BCUT2D eigenvalue weighted by molar-refractivity contribution is -0.132. The van der Waals surface area contributed by atoms with Crippen LogP contribution in [0.5, 0.6) is 5.75 Å². The first-order chi connectivity index (χ1) is 10.5. The molecule has 0 atom stereocenters. The van der Waals surface area contributed by atoms with Crippen molar-refractivity contribution in [3.05, 3.63) is 29.8 Å². The monoisotopic (exact) mass is 303 g/mol. The maximum atomic E-state index is 12.0. The normalized spacial score (nSPS) is 15.7. The highest BCUT2D eigenvalue weighted by Crippen LogP contribution is 2.24. The quantitative estimate of drug-likeness (QED) is 0.765. The van der Waals surface area contributed by atoms with Crippen LogP contribution in [0.3, 0.4) is 0 Å². The van der Waals surface area contributed by atoms with Gasteiger partial charge in [-0.15, -0.1) is 0 Å². The lowest BCUT2D eigenvalue weighted by Gasteiger charge is -2.26. The van der Waals surface area contributed by atoms with Gasteiger partial charge in [0.15, 0.2) is 0 Å². The molecule has 22 heavy (non-hydrogen) atoms. The first kappa shape index (κ1) is 16.9. The Morgan fingerprint density at radius 2 is 1.73 bits per heavy atom. The number of amides is 1. The minimum atomic E-state index is 0.166. The van der Waals surface area contributed by atoms with E-state index in [1.54, 1.807) is 0 Å². The molecule has 1 aromatic rings. The number of nitrogens with zero attached hydrogens (tertiary/aromatic N) is 1. The zero-order valence-electron chi connectivity index (χ0n) is 14.2. The number of benzene rings is 1. The van der Waals surface area contributed by atoms with E-state index in [1.165, 1.54) is 12.0 Å². The lowest BCUT2D eigenvalue weighted by atomic mass is 9.87. The van der Waals surface area contributed by atoms with Gasteiger partial charge in [-0.25, -0.2) is 0 Å². The van der Waals surface area contributed by atoms with Crippen LogP contribution in [0, 0.1) is 0 Å². The summed E-state index contributed by atoms with van der Waals surface area (Å²) in [5, 5.41) is 0. The highest BCUT2D eigenvalue weighted by atomic mass is 16.5. The van der Waals surface area contributed by atoms with E-state index in [9.17, 15) is 4.79 Å². The van der Waals surface area contributed by atoms with Crippen molar-refractivity contribution >= 4 is 5.91 Å². The maximum Gasteiger partial charge on any atom is 0.222 e. The fourth-order valence-corrected chi connectivity index (χ4v) is 2.77. The number of piperidine rings is 1. The molecule has 0 aliphatic carbocycles. The van der Waals surface area contributed by atoms with Gasteiger partial charge in [-0.2, -0.15) is 0 Å². The second-order valence-corrected chi connectivity index (χ2v) is 7.17. The van der Waals surface area contributed by atoms with E-state index in [1.807, 2.05) is 17.0 Å². The predicted octanol–water partition coefficient (Wildman–Crippen LogP) is 4.16. The van der Waals surface area contributed by atoms with Crippen LogP contribution in [-0.2, 0) is 10.2 Å². The smallest absolute Gasteiger partial charge is 0.222 e.